The molecule has 2 aromatic carbocycles. The van der Waals surface area contributed by atoms with Crippen LogP contribution in [0.4, 0.5) is 15.8 Å². The Morgan fingerprint density at radius 1 is 1.10 bits per heavy atom. The molecule has 0 aliphatic rings. The molecular formula is C15H17FN2O2S. The summed E-state index contributed by atoms with van der Waals surface area (Å²) in [5.74, 6) is -0.610. The molecule has 0 aromatic heterocycles. The Kier molecular flexibility index (Phi) is 4.47. The van der Waals surface area contributed by atoms with Gasteiger partial charge in [-0.15, -0.1) is 0 Å². The zero-order valence-corrected chi connectivity index (χ0v) is 12.7. The Hall–Kier alpha value is -2.08. The Morgan fingerprint density at radius 3 is 2.38 bits per heavy atom. The van der Waals surface area contributed by atoms with E-state index in [2.05, 4.69) is 10.0 Å². The minimum atomic E-state index is -3.51. The molecule has 0 saturated carbocycles. The van der Waals surface area contributed by atoms with Gasteiger partial charge in [-0.05, 0) is 30.7 Å². The maximum Gasteiger partial charge on any atom is 0.229 e. The van der Waals surface area contributed by atoms with Crippen molar-refractivity contribution in [2.75, 3.05) is 16.3 Å². The van der Waals surface area contributed by atoms with Crippen LogP contribution in [0.5, 0.6) is 0 Å². The normalized spacial score (nSPS) is 11.2. The molecule has 0 saturated heterocycles. The third-order valence-corrected chi connectivity index (χ3v) is 3.47. The maximum atomic E-state index is 13.6. The summed E-state index contributed by atoms with van der Waals surface area (Å²) in [7, 11) is -3.51. The van der Waals surface area contributed by atoms with Gasteiger partial charge in [-0.2, -0.15) is 0 Å². The van der Waals surface area contributed by atoms with Gasteiger partial charge in [-0.1, -0.05) is 29.8 Å². The summed E-state index contributed by atoms with van der Waals surface area (Å²) < 4.78 is 38.1. The summed E-state index contributed by atoms with van der Waals surface area (Å²) in [5.41, 5.74) is 2.84. The van der Waals surface area contributed by atoms with E-state index in [1.807, 2.05) is 31.2 Å². The van der Waals surface area contributed by atoms with Gasteiger partial charge in [0.25, 0.3) is 0 Å². The molecular weight excluding hydrogens is 291 g/mol. The molecule has 0 amide bonds. The monoisotopic (exact) mass is 308 g/mol. The first-order valence-electron chi connectivity index (χ1n) is 6.40. The first-order chi connectivity index (χ1) is 9.83. The molecule has 2 aromatic rings. The van der Waals surface area contributed by atoms with Crippen LogP contribution in [0, 0.1) is 12.7 Å². The van der Waals surface area contributed by atoms with Crippen molar-refractivity contribution in [1.29, 1.82) is 0 Å². The summed E-state index contributed by atoms with van der Waals surface area (Å²) >= 11 is 0. The van der Waals surface area contributed by atoms with Gasteiger partial charge in [-0.25, -0.2) is 12.8 Å². The highest BCUT2D eigenvalue weighted by Crippen LogP contribution is 2.21. The summed E-state index contributed by atoms with van der Waals surface area (Å²) in [6, 6.07) is 12.3. The van der Waals surface area contributed by atoms with Gasteiger partial charge in [0.15, 0.2) is 0 Å². The molecule has 21 heavy (non-hydrogen) atoms. The molecule has 0 fully saturated rings. The van der Waals surface area contributed by atoms with Crippen LogP contribution in [0.2, 0.25) is 0 Å². The van der Waals surface area contributed by atoms with E-state index in [4.69, 9.17) is 0 Å². The zero-order chi connectivity index (χ0) is 15.5. The molecule has 6 heteroatoms. The number of aryl methyl sites for hydroxylation is 1. The van der Waals surface area contributed by atoms with E-state index in [9.17, 15) is 12.8 Å². The highest BCUT2D eigenvalue weighted by molar-refractivity contribution is 7.92. The molecule has 2 rings (SSSR count). The number of sulfonamides is 1. The molecule has 112 valence electrons. The number of nitrogens with one attached hydrogen (secondary N) is 2. The summed E-state index contributed by atoms with van der Waals surface area (Å²) in [4.78, 5) is 0. The van der Waals surface area contributed by atoms with Crippen LogP contribution in [0.25, 0.3) is 0 Å². The number of benzene rings is 2. The van der Waals surface area contributed by atoms with Crippen molar-refractivity contribution in [3.63, 3.8) is 0 Å². The fraction of sp³-hybridized carbons (Fsp3) is 0.200. The number of hydrogen-bond donors (Lipinski definition) is 2. The SMILES string of the molecule is Cc1ccc(CNc2ccc(F)c(NS(C)(=O)=O)c2)cc1. The Morgan fingerprint density at radius 2 is 1.76 bits per heavy atom. The van der Waals surface area contributed by atoms with Crippen molar-refractivity contribution in [3.05, 3.63) is 59.4 Å². The van der Waals surface area contributed by atoms with Gasteiger partial charge in [0, 0.05) is 12.2 Å². The second-order valence-electron chi connectivity index (χ2n) is 4.91. The third-order valence-electron chi connectivity index (χ3n) is 2.88. The molecule has 0 aliphatic heterocycles. The van der Waals surface area contributed by atoms with Gasteiger partial charge < -0.3 is 5.32 Å². The standard InChI is InChI=1S/C15H17FN2O2S/c1-11-3-5-12(6-4-11)10-17-13-7-8-14(16)15(9-13)18-21(2,19)20/h3-9,17-18H,10H2,1-2H3. The fourth-order valence-corrected chi connectivity index (χ4v) is 2.38. The molecule has 0 unspecified atom stereocenters. The molecule has 0 heterocycles. The second kappa shape index (κ2) is 6.13. The lowest BCUT2D eigenvalue weighted by Gasteiger charge is -2.10. The van der Waals surface area contributed by atoms with Crippen molar-refractivity contribution in [3.8, 4) is 0 Å². The van der Waals surface area contributed by atoms with E-state index < -0.39 is 15.8 Å². The maximum absolute atomic E-state index is 13.6. The number of anilines is 2. The fourth-order valence-electron chi connectivity index (χ4n) is 1.82. The molecule has 0 atom stereocenters. The van der Waals surface area contributed by atoms with E-state index in [0.29, 0.717) is 12.2 Å². The van der Waals surface area contributed by atoms with Crippen LogP contribution >= 0.6 is 0 Å². The molecule has 0 aliphatic carbocycles. The first-order valence-corrected chi connectivity index (χ1v) is 8.29. The number of hydrogen-bond acceptors (Lipinski definition) is 3. The van der Waals surface area contributed by atoms with Crippen LogP contribution in [-0.4, -0.2) is 14.7 Å². The Bertz CT molecular complexity index is 728. The van der Waals surface area contributed by atoms with Crippen molar-refractivity contribution in [1.82, 2.24) is 0 Å². The molecule has 2 N–H and O–H groups in total. The quantitative estimate of drug-likeness (QED) is 0.892. The zero-order valence-electron chi connectivity index (χ0n) is 11.9. The largest absolute Gasteiger partial charge is 0.381 e. The van der Waals surface area contributed by atoms with Crippen molar-refractivity contribution < 1.29 is 12.8 Å². The average molecular weight is 308 g/mol. The van der Waals surface area contributed by atoms with Crippen molar-refractivity contribution in [2.45, 2.75) is 13.5 Å². The average Bonchev–Trinajstić information content (AvgIpc) is 2.40. The van der Waals surface area contributed by atoms with E-state index in [-0.39, 0.29) is 5.69 Å². The Balaban J connectivity index is 2.10. The molecule has 0 spiro atoms. The predicted molar refractivity (Wildman–Crippen MR) is 83.4 cm³/mol. The molecule has 4 nitrogen and oxygen atoms in total. The lowest BCUT2D eigenvalue weighted by atomic mass is 10.1. The van der Waals surface area contributed by atoms with Crippen molar-refractivity contribution in [2.24, 2.45) is 0 Å². The van der Waals surface area contributed by atoms with E-state index >= 15 is 0 Å². The lowest BCUT2D eigenvalue weighted by Crippen LogP contribution is -2.11. The second-order valence-corrected chi connectivity index (χ2v) is 6.66. The minimum Gasteiger partial charge on any atom is -0.381 e. The molecule has 0 radical (unpaired) electrons. The van der Waals surface area contributed by atoms with Crippen LogP contribution < -0.4 is 10.0 Å². The van der Waals surface area contributed by atoms with Gasteiger partial charge in [-0.3, -0.25) is 4.72 Å². The van der Waals surface area contributed by atoms with Gasteiger partial charge in [0.05, 0.1) is 11.9 Å². The highest BCUT2D eigenvalue weighted by atomic mass is 32.2. The van der Waals surface area contributed by atoms with Gasteiger partial charge in [0.2, 0.25) is 10.0 Å². The number of rotatable bonds is 5. The van der Waals surface area contributed by atoms with Crippen LogP contribution in [0.3, 0.4) is 0 Å². The van der Waals surface area contributed by atoms with Gasteiger partial charge >= 0.3 is 0 Å². The number of halogens is 1. The van der Waals surface area contributed by atoms with Gasteiger partial charge in [0.1, 0.15) is 5.82 Å². The minimum absolute atomic E-state index is 0.0635. The van der Waals surface area contributed by atoms with Crippen molar-refractivity contribution >= 4 is 21.4 Å². The summed E-state index contributed by atoms with van der Waals surface area (Å²) in [6.45, 7) is 2.59. The third kappa shape index (κ3) is 4.75. The highest BCUT2D eigenvalue weighted by Gasteiger charge is 2.08. The first kappa shape index (κ1) is 15.3. The molecule has 0 bridgehead atoms. The van der Waals surface area contributed by atoms with Crippen LogP contribution in [0.1, 0.15) is 11.1 Å². The van der Waals surface area contributed by atoms with Crippen LogP contribution in [-0.2, 0) is 16.6 Å². The van der Waals surface area contributed by atoms with E-state index in [1.54, 1.807) is 6.07 Å². The van der Waals surface area contributed by atoms with Crippen LogP contribution in [0.15, 0.2) is 42.5 Å². The predicted octanol–water partition coefficient (Wildman–Crippen LogP) is 3.12. The summed E-state index contributed by atoms with van der Waals surface area (Å²) in [6.07, 6.45) is 0.985. The van der Waals surface area contributed by atoms with E-state index in [1.165, 1.54) is 17.7 Å². The lowest BCUT2D eigenvalue weighted by molar-refractivity contribution is 0.604. The summed E-state index contributed by atoms with van der Waals surface area (Å²) in [5, 5.41) is 3.13. The topological polar surface area (TPSA) is 58.2 Å². The Labute approximate surface area is 124 Å². The smallest absolute Gasteiger partial charge is 0.229 e. The van der Waals surface area contributed by atoms with E-state index in [0.717, 1.165) is 11.8 Å².